The second kappa shape index (κ2) is 4.81. The molecule has 0 aromatic carbocycles. The van der Waals surface area contributed by atoms with Crippen molar-refractivity contribution in [1.82, 2.24) is 19.6 Å². The Morgan fingerprint density at radius 3 is 2.72 bits per heavy atom. The number of aryl methyl sites for hydroxylation is 2. The third-order valence-corrected chi connectivity index (χ3v) is 3.11. The van der Waals surface area contributed by atoms with E-state index in [1.54, 1.807) is 10.9 Å². The molecule has 2 aromatic heterocycles. The lowest BCUT2D eigenvalue weighted by molar-refractivity contribution is 0.0689. The quantitative estimate of drug-likeness (QED) is 0.914. The highest BCUT2D eigenvalue weighted by molar-refractivity contribution is 6.31. The van der Waals surface area contributed by atoms with Gasteiger partial charge in [-0.15, -0.1) is 0 Å². The van der Waals surface area contributed by atoms with E-state index in [-0.39, 0.29) is 5.69 Å². The van der Waals surface area contributed by atoms with E-state index in [0.717, 1.165) is 17.8 Å². The summed E-state index contributed by atoms with van der Waals surface area (Å²) in [6.45, 7) is 2.38. The summed E-state index contributed by atoms with van der Waals surface area (Å²) in [5.74, 6) is -1.04. The maximum atomic E-state index is 10.7. The molecule has 0 aliphatic rings. The monoisotopic (exact) mass is 268 g/mol. The van der Waals surface area contributed by atoms with E-state index >= 15 is 0 Å². The van der Waals surface area contributed by atoms with Gasteiger partial charge < -0.3 is 5.11 Å². The topological polar surface area (TPSA) is 72.9 Å². The van der Waals surface area contributed by atoms with Gasteiger partial charge in [-0.1, -0.05) is 18.5 Å². The molecule has 2 heterocycles. The molecule has 0 saturated carbocycles. The Bertz CT molecular complexity index is 588. The van der Waals surface area contributed by atoms with Crippen LogP contribution in [0.4, 0.5) is 0 Å². The molecule has 0 aliphatic carbocycles. The molecule has 18 heavy (non-hydrogen) atoms. The highest BCUT2D eigenvalue weighted by Crippen LogP contribution is 2.21. The minimum Gasteiger partial charge on any atom is -0.476 e. The van der Waals surface area contributed by atoms with Gasteiger partial charge in [0, 0.05) is 13.2 Å². The SMILES string of the molecule is CCc1nn(C)c(Cn2ccc(C(=O)O)n2)c1Cl. The van der Waals surface area contributed by atoms with Gasteiger partial charge in [-0.05, 0) is 12.5 Å². The molecule has 7 heteroatoms. The lowest BCUT2D eigenvalue weighted by Crippen LogP contribution is -2.08. The van der Waals surface area contributed by atoms with Gasteiger partial charge in [0.15, 0.2) is 5.69 Å². The van der Waals surface area contributed by atoms with Gasteiger partial charge >= 0.3 is 5.97 Å². The minimum atomic E-state index is -1.04. The molecular weight excluding hydrogens is 256 g/mol. The number of halogens is 1. The Labute approximate surface area is 109 Å². The van der Waals surface area contributed by atoms with Crippen LogP contribution in [0.2, 0.25) is 5.02 Å². The van der Waals surface area contributed by atoms with Crippen molar-refractivity contribution in [1.29, 1.82) is 0 Å². The molecule has 0 spiro atoms. The predicted molar refractivity (Wildman–Crippen MR) is 65.9 cm³/mol. The number of nitrogens with zero attached hydrogens (tertiary/aromatic N) is 4. The van der Waals surface area contributed by atoms with Gasteiger partial charge in [-0.3, -0.25) is 9.36 Å². The maximum absolute atomic E-state index is 10.7. The van der Waals surface area contributed by atoms with Gasteiger partial charge in [0.25, 0.3) is 0 Å². The molecule has 96 valence electrons. The van der Waals surface area contributed by atoms with Crippen molar-refractivity contribution < 1.29 is 9.90 Å². The largest absolute Gasteiger partial charge is 0.476 e. The number of aromatic nitrogens is 4. The lowest BCUT2D eigenvalue weighted by atomic mass is 10.3. The molecule has 6 nitrogen and oxygen atoms in total. The number of carbonyl (C=O) groups is 1. The van der Waals surface area contributed by atoms with Gasteiger partial charge in [0.1, 0.15) is 0 Å². The van der Waals surface area contributed by atoms with Crippen LogP contribution in [0.25, 0.3) is 0 Å². The summed E-state index contributed by atoms with van der Waals surface area (Å²) < 4.78 is 3.23. The Hall–Kier alpha value is -1.82. The molecule has 2 rings (SSSR count). The van der Waals surface area contributed by atoms with Gasteiger partial charge in [-0.2, -0.15) is 10.2 Å². The van der Waals surface area contributed by atoms with E-state index in [1.807, 2.05) is 14.0 Å². The first kappa shape index (κ1) is 12.6. The number of hydrogen-bond donors (Lipinski definition) is 1. The van der Waals surface area contributed by atoms with Crippen LogP contribution >= 0.6 is 11.6 Å². The van der Waals surface area contributed by atoms with E-state index in [2.05, 4.69) is 10.2 Å². The van der Waals surface area contributed by atoms with E-state index in [0.29, 0.717) is 11.6 Å². The molecule has 0 bridgehead atoms. The molecule has 2 aromatic rings. The molecule has 0 radical (unpaired) electrons. The Kier molecular flexibility index (Phi) is 3.38. The second-order valence-corrected chi connectivity index (χ2v) is 4.27. The summed E-state index contributed by atoms with van der Waals surface area (Å²) in [5, 5.41) is 17.6. The molecule has 0 fully saturated rings. The zero-order valence-corrected chi connectivity index (χ0v) is 10.8. The average molecular weight is 269 g/mol. The summed E-state index contributed by atoms with van der Waals surface area (Å²) in [6.07, 6.45) is 2.37. The summed E-state index contributed by atoms with van der Waals surface area (Å²) in [4.78, 5) is 10.7. The third-order valence-electron chi connectivity index (χ3n) is 2.67. The van der Waals surface area contributed by atoms with Crippen molar-refractivity contribution in [3.63, 3.8) is 0 Å². The van der Waals surface area contributed by atoms with Crippen LogP contribution in [0.1, 0.15) is 28.8 Å². The molecular formula is C11H13ClN4O2. The number of aromatic carboxylic acids is 1. The van der Waals surface area contributed by atoms with Crippen LogP contribution in [0.5, 0.6) is 0 Å². The Morgan fingerprint density at radius 2 is 2.22 bits per heavy atom. The summed E-state index contributed by atoms with van der Waals surface area (Å²) in [5.41, 5.74) is 1.66. The first-order chi connectivity index (χ1) is 8.52. The maximum Gasteiger partial charge on any atom is 0.356 e. The van der Waals surface area contributed by atoms with Gasteiger partial charge in [0.05, 0.1) is 23.0 Å². The average Bonchev–Trinajstić information content (AvgIpc) is 2.89. The smallest absolute Gasteiger partial charge is 0.356 e. The number of hydrogen-bond acceptors (Lipinski definition) is 3. The van der Waals surface area contributed by atoms with Crippen molar-refractivity contribution in [3.8, 4) is 0 Å². The predicted octanol–water partition coefficient (Wildman–Crippen LogP) is 1.58. The van der Waals surface area contributed by atoms with Crippen molar-refractivity contribution in [3.05, 3.63) is 34.4 Å². The highest BCUT2D eigenvalue weighted by Gasteiger charge is 2.14. The van der Waals surface area contributed by atoms with Crippen LogP contribution in [-0.4, -0.2) is 30.6 Å². The molecule has 0 amide bonds. The molecule has 0 aliphatic heterocycles. The fourth-order valence-corrected chi connectivity index (χ4v) is 2.06. The normalized spacial score (nSPS) is 10.8. The Morgan fingerprint density at radius 1 is 1.50 bits per heavy atom. The highest BCUT2D eigenvalue weighted by atomic mass is 35.5. The number of rotatable bonds is 4. The fourth-order valence-electron chi connectivity index (χ4n) is 1.71. The van der Waals surface area contributed by atoms with E-state index in [1.165, 1.54) is 10.7 Å². The molecule has 0 unspecified atom stereocenters. The van der Waals surface area contributed by atoms with Crippen LogP contribution in [-0.2, 0) is 20.0 Å². The summed E-state index contributed by atoms with van der Waals surface area (Å²) in [6, 6.07) is 1.45. The first-order valence-electron chi connectivity index (χ1n) is 5.50. The van der Waals surface area contributed by atoms with Crippen molar-refractivity contribution in [2.45, 2.75) is 19.9 Å². The van der Waals surface area contributed by atoms with E-state index < -0.39 is 5.97 Å². The minimum absolute atomic E-state index is 0.0176. The zero-order chi connectivity index (χ0) is 13.3. The van der Waals surface area contributed by atoms with Gasteiger partial charge in [-0.25, -0.2) is 4.79 Å². The van der Waals surface area contributed by atoms with Crippen LogP contribution < -0.4 is 0 Å². The fraction of sp³-hybridized carbons (Fsp3) is 0.364. The first-order valence-corrected chi connectivity index (χ1v) is 5.87. The second-order valence-electron chi connectivity index (χ2n) is 3.89. The molecule has 0 atom stereocenters. The van der Waals surface area contributed by atoms with Crippen LogP contribution in [0.15, 0.2) is 12.3 Å². The van der Waals surface area contributed by atoms with E-state index in [4.69, 9.17) is 16.7 Å². The summed E-state index contributed by atoms with van der Waals surface area (Å²) in [7, 11) is 1.81. The third kappa shape index (κ3) is 2.24. The lowest BCUT2D eigenvalue weighted by Gasteiger charge is -2.02. The number of carboxylic acids is 1. The zero-order valence-electron chi connectivity index (χ0n) is 10.1. The standard InChI is InChI=1S/C11H13ClN4O2/c1-3-7-10(12)9(15(2)13-7)6-16-5-4-8(14-16)11(17)18/h4-5H,3,6H2,1-2H3,(H,17,18). The van der Waals surface area contributed by atoms with Gasteiger partial charge in [0.2, 0.25) is 0 Å². The molecule has 1 N–H and O–H groups in total. The van der Waals surface area contributed by atoms with Crippen molar-refractivity contribution in [2.75, 3.05) is 0 Å². The number of carboxylic acid groups (broad SMARTS) is 1. The van der Waals surface area contributed by atoms with Crippen molar-refractivity contribution in [2.24, 2.45) is 7.05 Å². The van der Waals surface area contributed by atoms with Crippen LogP contribution in [0.3, 0.4) is 0 Å². The summed E-state index contributed by atoms with van der Waals surface area (Å²) >= 11 is 6.21. The molecule has 0 saturated heterocycles. The van der Waals surface area contributed by atoms with Crippen molar-refractivity contribution >= 4 is 17.6 Å². The van der Waals surface area contributed by atoms with Crippen LogP contribution in [0, 0.1) is 0 Å². The van der Waals surface area contributed by atoms with E-state index in [9.17, 15) is 4.79 Å². The Balaban J connectivity index is 2.28.